The molecular formula is C11H18N2O2S2. The fraction of sp³-hybridized carbons (Fsp3) is 0.727. The van der Waals surface area contributed by atoms with Crippen LogP contribution in [0.2, 0.25) is 0 Å². The fourth-order valence-corrected chi connectivity index (χ4v) is 5.58. The van der Waals surface area contributed by atoms with Crippen LogP contribution in [-0.4, -0.2) is 31.5 Å². The predicted octanol–water partition coefficient (Wildman–Crippen LogP) is 1.07. The second-order valence-electron chi connectivity index (χ2n) is 4.97. The largest absolute Gasteiger partial charge is 0.330 e. The van der Waals surface area contributed by atoms with Gasteiger partial charge in [0, 0.05) is 16.7 Å². The van der Waals surface area contributed by atoms with E-state index in [1.807, 2.05) is 13.8 Å². The van der Waals surface area contributed by atoms with Gasteiger partial charge in [0.25, 0.3) is 0 Å². The number of aromatic nitrogens is 1. The van der Waals surface area contributed by atoms with Crippen molar-refractivity contribution < 1.29 is 8.42 Å². The smallest absolute Gasteiger partial charge is 0.150 e. The number of aryl methyl sites for hydroxylation is 2. The molecule has 0 saturated carbocycles. The molecule has 0 radical (unpaired) electrons. The highest BCUT2D eigenvalue weighted by molar-refractivity contribution is 7.91. The highest BCUT2D eigenvalue weighted by atomic mass is 32.2. The minimum atomic E-state index is -2.89. The summed E-state index contributed by atoms with van der Waals surface area (Å²) in [5, 5.41) is 1.02. The molecule has 2 N–H and O–H groups in total. The quantitative estimate of drug-likeness (QED) is 0.894. The van der Waals surface area contributed by atoms with Crippen LogP contribution in [0.3, 0.4) is 0 Å². The molecule has 2 rings (SSSR count). The zero-order valence-electron chi connectivity index (χ0n) is 10.2. The van der Waals surface area contributed by atoms with E-state index in [-0.39, 0.29) is 16.9 Å². The summed E-state index contributed by atoms with van der Waals surface area (Å²) in [6.45, 7) is 4.44. The normalized spacial score (nSPS) is 27.5. The number of hydrogen-bond acceptors (Lipinski definition) is 5. The molecule has 1 aromatic heterocycles. The van der Waals surface area contributed by atoms with Gasteiger partial charge in [-0.05, 0) is 26.8 Å². The minimum Gasteiger partial charge on any atom is -0.330 e. The van der Waals surface area contributed by atoms with Crippen molar-refractivity contribution in [2.75, 3.05) is 18.1 Å². The van der Waals surface area contributed by atoms with E-state index >= 15 is 0 Å². The molecule has 0 amide bonds. The summed E-state index contributed by atoms with van der Waals surface area (Å²) in [5.41, 5.74) is 6.55. The van der Waals surface area contributed by atoms with Crippen molar-refractivity contribution in [3.8, 4) is 0 Å². The van der Waals surface area contributed by atoms with Crippen molar-refractivity contribution in [2.24, 2.45) is 11.1 Å². The maximum Gasteiger partial charge on any atom is 0.150 e. The van der Waals surface area contributed by atoms with E-state index in [9.17, 15) is 8.42 Å². The van der Waals surface area contributed by atoms with Crippen molar-refractivity contribution in [1.82, 2.24) is 4.98 Å². The van der Waals surface area contributed by atoms with Crippen LogP contribution in [0.1, 0.15) is 22.0 Å². The first-order chi connectivity index (χ1) is 7.86. The third-order valence-electron chi connectivity index (χ3n) is 3.50. The Labute approximate surface area is 106 Å². The van der Waals surface area contributed by atoms with E-state index in [2.05, 4.69) is 4.98 Å². The van der Waals surface area contributed by atoms with E-state index in [0.717, 1.165) is 10.7 Å². The molecule has 1 atom stereocenters. The molecule has 4 nitrogen and oxygen atoms in total. The first-order valence-corrected chi connectivity index (χ1v) is 8.33. The monoisotopic (exact) mass is 274 g/mol. The lowest BCUT2D eigenvalue weighted by Gasteiger charge is -2.24. The molecular weight excluding hydrogens is 256 g/mol. The zero-order chi connectivity index (χ0) is 12.7. The van der Waals surface area contributed by atoms with Gasteiger partial charge >= 0.3 is 0 Å². The number of hydrogen-bond donors (Lipinski definition) is 1. The summed E-state index contributed by atoms with van der Waals surface area (Å²) in [6, 6.07) is 0. The molecule has 1 aliphatic heterocycles. The van der Waals surface area contributed by atoms with Crippen LogP contribution in [0.15, 0.2) is 0 Å². The van der Waals surface area contributed by atoms with Crippen molar-refractivity contribution in [1.29, 1.82) is 0 Å². The van der Waals surface area contributed by atoms with E-state index < -0.39 is 9.84 Å². The average molecular weight is 274 g/mol. The Morgan fingerprint density at radius 1 is 1.47 bits per heavy atom. The highest BCUT2D eigenvalue weighted by Crippen LogP contribution is 2.36. The van der Waals surface area contributed by atoms with Crippen LogP contribution in [0, 0.1) is 19.3 Å². The Morgan fingerprint density at radius 3 is 2.59 bits per heavy atom. The summed E-state index contributed by atoms with van der Waals surface area (Å²) in [4.78, 5) is 5.68. The fourth-order valence-electron chi connectivity index (χ4n) is 2.29. The Balaban J connectivity index is 2.21. The van der Waals surface area contributed by atoms with Gasteiger partial charge in [-0.25, -0.2) is 13.4 Å². The van der Waals surface area contributed by atoms with Gasteiger partial charge in [0.05, 0.1) is 22.2 Å². The van der Waals surface area contributed by atoms with Gasteiger partial charge in [0.1, 0.15) is 0 Å². The summed E-state index contributed by atoms with van der Waals surface area (Å²) in [6.07, 6.45) is 1.37. The molecule has 17 heavy (non-hydrogen) atoms. The van der Waals surface area contributed by atoms with Gasteiger partial charge in [0.15, 0.2) is 9.84 Å². The molecule has 1 saturated heterocycles. The van der Waals surface area contributed by atoms with Crippen molar-refractivity contribution in [3.63, 3.8) is 0 Å². The molecule has 96 valence electrons. The van der Waals surface area contributed by atoms with E-state index in [1.54, 1.807) is 11.3 Å². The standard InChI is InChI=1S/C11H18N2O2S2/c1-8-9(2)16-10(13-8)5-11(6-12)3-4-17(14,15)7-11/h3-7,12H2,1-2H3. The Hall–Kier alpha value is -0.460. The molecule has 1 unspecified atom stereocenters. The van der Waals surface area contributed by atoms with Gasteiger partial charge in [0.2, 0.25) is 0 Å². The van der Waals surface area contributed by atoms with Gasteiger partial charge in [-0.1, -0.05) is 0 Å². The molecule has 1 aliphatic rings. The van der Waals surface area contributed by atoms with Crippen LogP contribution in [0.4, 0.5) is 0 Å². The Bertz CT molecular complexity index is 502. The Kier molecular flexibility index (Phi) is 3.31. The van der Waals surface area contributed by atoms with Crippen molar-refractivity contribution >= 4 is 21.2 Å². The highest BCUT2D eigenvalue weighted by Gasteiger charge is 2.41. The third-order valence-corrected chi connectivity index (χ3v) is 6.45. The average Bonchev–Trinajstić information content (AvgIpc) is 2.69. The first-order valence-electron chi connectivity index (χ1n) is 5.69. The van der Waals surface area contributed by atoms with Crippen LogP contribution in [0.25, 0.3) is 0 Å². The van der Waals surface area contributed by atoms with Crippen LogP contribution >= 0.6 is 11.3 Å². The summed E-state index contributed by atoms with van der Waals surface area (Å²) >= 11 is 1.65. The van der Waals surface area contributed by atoms with E-state index in [1.165, 1.54) is 4.88 Å². The zero-order valence-corrected chi connectivity index (χ0v) is 11.8. The maximum absolute atomic E-state index is 11.6. The molecule has 6 heteroatoms. The van der Waals surface area contributed by atoms with Crippen LogP contribution in [-0.2, 0) is 16.3 Å². The number of nitrogens with zero attached hydrogens (tertiary/aromatic N) is 1. The minimum absolute atomic E-state index is 0.216. The van der Waals surface area contributed by atoms with Crippen LogP contribution in [0.5, 0.6) is 0 Å². The number of sulfone groups is 1. The topological polar surface area (TPSA) is 73.0 Å². The molecule has 0 aliphatic carbocycles. The van der Waals surface area contributed by atoms with Gasteiger partial charge in [-0.15, -0.1) is 11.3 Å². The number of rotatable bonds is 3. The lowest BCUT2D eigenvalue weighted by molar-refractivity contribution is 0.344. The number of thiazole rings is 1. The second-order valence-corrected chi connectivity index (χ2v) is 8.44. The third kappa shape index (κ3) is 2.69. The summed E-state index contributed by atoms with van der Waals surface area (Å²) in [5.74, 6) is 0.488. The van der Waals surface area contributed by atoms with E-state index in [0.29, 0.717) is 19.4 Å². The van der Waals surface area contributed by atoms with Crippen LogP contribution < -0.4 is 5.73 Å². The maximum atomic E-state index is 11.6. The van der Waals surface area contributed by atoms with Crippen molar-refractivity contribution in [2.45, 2.75) is 26.7 Å². The summed E-state index contributed by atoms with van der Waals surface area (Å²) in [7, 11) is -2.89. The molecule has 0 aromatic carbocycles. The van der Waals surface area contributed by atoms with Crippen molar-refractivity contribution in [3.05, 3.63) is 15.6 Å². The molecule has 0 spiro atoms. The second kappa shape index (κ2) is 4.33. The molecule has 0 bridgehead atoms. The lowest BCUT2D eigenvalue weighted by atomic mass is 9.84. The van der Waals surface area contributed by atoms with Gasteiger partial charge in [-0.2, -0.15) is 0 Å². The molecule has 2 heterocycles. The van der Waals surface area contributed by atoms with E-state index in [4.69, 9.17) is 5.73 Å². The molecule has 1 aromatic rings. The Morgan fingerprint density at radius 2 is 2.18 bits per heavy atom. The van der Waals surface area contributed by atoms with Gasteiger partial charge < -0.3 is 5.73 Å². The lowest BCUT2D eigenvalue weighted by Crippen LogP contribution is -2.34. The van der Waals surface area contributed by atoms with Gasteiger partial charge in [-0.3, -0.25) is 0 Å². The first kappa shape index (κ1) is 13.0. The number of nitrogens with two attached hydrogens (primary N) is 1. The SMILES string of the molecule is Cc1nc(CC2(CN)CCS(=O)(=O)C2)sc1C. The summed E-state index contributed by atoms with van der Waals surface area (Å²) < 4.78 is 23.2. The predicted molar refractivity (Wildman–Crippen MR) is 70.1 cm³/mol. The molecule has 1 fully saturated rings.